The second-order valence-corrected chi connectivity index (χ2v) is 8.67. The summed E-state index contributed by atoms with van der Waals surface area (Å²) in [5.74, 6) is -0.342. The number of aryl methyl sites for hydroxylation is 1. The highest BCUT2D eigenvalue weighted by Crippen LogP contribution is 2.42. The molecular formula is C23H17ClFN6O2+. The first kappa shape index (κ1) is 20.0. The summed E-state index contributed by atoms with van der Waals surface area (Å²) in [6.07, 6.45) is 4.21. The zero-order chi connectivity index (χ0) is 22.7. The molecule has 1 unspecified atom stereocenters. The fourth-order valence-electron chi connectivity index (χ4n) is 4.76. The minimum Gasteiger partial charge on any atom is -0.373 e. The van der Waals surface area contributed by atoms with Crippen LogP contribution in [0.15, 0.2) is 60.0 Å². The highest BCUT2D eigenvalue weighted by atomic mass is 35.5. The van der Waals surface area contributed by atoms with Crippen LogP contribution in [0.1, 0.15) is 23.2 Å². The molecule has 164 valence electrons. The molecule has 2 N–H and O–H groups in total. The summed E-state index contributed by atoms with van der Waals surface area (Å²) >= 11 is 6.26. The summed E-state index contributed by atoms with van der Waals surface area (Å²) < 4.78 is 16.1. The van der Waals surface area contributed by atoms with E-state index in [1.807, 2.05) is 6.07 Å². The van der Waals surface area contributed by atoms with Crippen LogP contribution >= 0.6 is 11.6 Å². The van der Waals surface area contributed by atoms with E-state index in [1.165, 1.54) is 29.3 Å². The molecule has 0 amide bonds. The van der Waals surface area contributed by atoms with Gasteiger partial charge in [0.1, 0.15) is 12.1 Å². The molecular weight excluding hydrogens is 447 g/mol. The van der Waals surface area contributed by atoms with Crippen LogP contribution in [0.2, 0.25) is 5.02 Å². The van der Waals surface area contributed by atoms with E-state index < -0.39 is 5.60 Å². The Morgan fingerprint density at radius 2 is 2.00 bits per heavy atom. The molecule has 33 heavy (non-hydrogen) atoms. The van der Waals surface area contributed by atoms with Crippen molar-refractivity contribution in [1.82, 2.24) is 20.2 Å². The first-order valence-electron chi connectivity index (χ1n) is 10.3. The van der Waals surface area contributed by atoms with Gasteiger partial charge in [-0.3, -0.25) is 10.2 Å². The molecule has 10 heteroatoms. The van der Waals surface area contributed by atoms with Crippen molar-refractivity contribution in [3.05, 3.63) is 82.6 Å². The van der Waals surface area contributed by atoms with Crippen molar-refractivity contribution in [3.8, 4) is 16.8 Å². The van der Waals surface area contributed by atoms with Crippen LogP contribution < -0.4 is 4.73 Å². The fourth-order valence-corrected chi connectivity index (χ4v) is 4.94. The van der Waals surface area contributed by atoms with Gasteiger partial charge < -0.3 is 5.11 Å². The second kappa shape index (κ2) is 7.16. The van der Waals surface area contributed by atoms with E-state index >= 15 is 0 Å². The van der Waals surface area contributed by atoms with Gasteiger partial charge in [-0.15, -0.1) is 5.10 Å². The number of rotatable bonds is 3. The fraction of sp³-hybridized carbons (Fsp3) is 0.174. The maximum absolute atomic E-state index is 13.7. The molecule has 1 atom stereocenters. The van der Waals surface area contributed by atoms with E-state index in [-0.39, 0.29) is 5.82 Å². The number of hydrogen-bond acceptors (Lipinski definition) is 6. The molecule has 0 bridgehead atoms. The monoisotopic (exact) mass is 463 g/mol. The second-order valence-electron chi connectivity index (χ2n) is 8.23. The third-order valence-electron chi connectivity index (χ3n) is 6.27. The third kappa shape index (κ3) is 3.12. The van der Waals surface area contributed by atoms with Crippen molar-refractivity contribution in [2.45, 2.75) is 24.9 Å². The number of hydrogen-bond donors (Lipinski definition) is 2. The molecule has 2 aliphatic rings. The zero-order valence-corrected chi connectivity index (χ0v) is 17.9. The van der Waals surface area contributed by atoms with Crippen molar-refractivity contribution in [3.63, 3.8) is 0 Å². The molecule has 4 aromatic rings. The standard InChI is InChI=1S/C23H17ClFN6O2/c24-16-1-4-20(30-12-26-28-29-30)18(10-16)15-7-13-5-6-23(32,22(13)31(33)11-15)21-9-14-8-17(25)2-3-19(14)27-21/h1-4,7-8,10-12,32-33H,5-6,9H2/q+1. The molecule has 1 aliphatic carbocycles. The van der Waals surface area contributed by atoms with Crippen molar-refractivity contribution in [2.75, 3.05) is 0 Å². The highest BCUT2D eigenvalue weighted by molar-refractivity contribution is 6.31. The number of benzene rings is 2. The average Bonchev–Trinajstić information content (AvgIpc) is 3.53. The number of tetrazole rings is 1. The van der Waals surface area contributed by atoms with Gasteiger partial charge in [0, 0.05) is 27.3 Å². The predicted molar refractivity (Wildman–Crippen MR) is 116 cm³/mol. The number of aromatic nitrogens is 5. The Bertz CT molecular complexity index is 1460. The van der Waals surface area contributed by atoms with Gasteiger partial charge in [0.2, 0.25) is 6.20 Å². The van der Waals surface area contributed by atoms with Gasteiger partial charge in [-0.25, -0.2) is 4.39 Å². The Balaban J connectivity index is 1.44. The van der Waals surface area contributed by atoms with Gasteiger partial charge in [-0.2, -0.15) is 4.68 Å². The van der Waals surface area contributed by atoms with Crippen LogP contribution in [0.4, 0.5) is 10.1 Å². The summed E-state index contributed by atoms with van der Waals surface area (Å²) in [6, 6.07) is 11.6. The van der Waals surface area contributed by atoms with Crippen LogP contribution in [0.25, 0.3) is 16.8 Å². The summed E-state index contributed by atoms with van der Waals surface area (Å²) in [6.45, 7) is 0. The van der Waals surface area contributed by atoms with Crippen LogP contribution in [0.5, 0.6) is 0 Å². The topological polar surface area (TPSA) is 100 Å². The van der Waals surface area contributed by atoms with Crippen molar-refractivity contribution in [1.29, 1.82) is 0 Å². The average molecular weight is 464 g/mol. The largest absolute Gasteiger partial charge is 0.373 e. The molecule has 0 saturated heterocycles. The minimum atomic E-state index is -1.45. The van der Waals surface area contributed by atoms with Crippen molar-refractivity contribution in [2.24, 2.45) is 4.99 Å². The summed E-state index contributed by atoms with van der Waals surface area (Å²) in [5.41, 5.74) is 3.64. The Morgan fingerprint density at radius 1 is 1.12 bits per heavy atom. The van der Waals surface area contributed by atoms with Gasteiger partial charge in [0.05, 0.1) is 22.6 Å². The predicted octanol–water partition coefficient (Wildman–Crippen LogP) is 3.11. The van der Waals surface area contributed by atoms with Crippen molar-refractivity contribution >= 4 is 23.0 Å². The van der Waals surface area contributed by atoms with E-state index in [0.29, 0.717) is 52.6 Å². The Hall–Kier alpha value is -3.69. The number of fused-ring (bicyclic) bond motifs is 2. The molecule has 6 rings (SSSR count). The molecule has 3 heterocycles. The SMILES string of the molecule is O[n+]1cc(-c2cc(Cl)ccc2-n2cnnn2)cc2c1C(O)(C1=Nc3ccc(F)cc3C1)CC2. The Morgan fingerprint density at radius 3 is 2.82 bits per heavy atom. The number of halogens is 2. The smallest absolute Gasteiger partial charge is 0.274 e. The van der Waals surface area contributed by atoms with Gasteiger partial charge >= 0.3 is 0 Å². The van der Waals surface area contributed by atoms with E-state index in [4.69, 9.17) is 11.6 Å². The molecule has 0 radical (unpaired) electrons. The maximum atomic E-state index is 13.7. The molecule has 2 aromatic heterocycles. The lowest BCUT2D eigenvalue weighted by Gasteiger charge is -2.20. The quantitative estimate of drug-likeness (QED) is 0.359. The van der Waals surface area contributed by atoms with E-state index in [1.54, 1.807) is 24.3 Å². The highest BCUT2D eigenvalue weighted by Gasteiger charge is 2.51. The third-order valence-corrected chi connectivity index (χ3v) is 6.51. The molecule has 8 nitrogen and oxygen atoms in total. The first-order chi connectivity index (χ1) is 15.9. The van der Waals surface area contributed by atoms with Gasteiger partial charge in [-0.1, -0.05) is 11.6 Å². The minimum absolute atomic E-state index is 0.322. The zero-order valence-electron chi connectivity index (χ0n) is 17.2. The molecule has 1 aliphatic heterocycles. The lowest BCUT2D eigenvalue weighted by Crippen LogP contribution is -2.47. The Kier molecular flexibility index (Phi) is 4.33. The van der Waals surface area contributed by atoms with Crippen LogP contribution in [-0.4, -0.2) is 36.2 Å². The molecule has 0 spiro atoms. The Labute approximate surface area is 192 Å². The lowest BCUT2D eigenvalue weighted by atomic mass is 9.91. The lowest BCUT2D eigenvalue weighted by molar-refractivity contribution is -0.911. The van der Waals surface area contributed by atoms with Crippen molar-refractivity contribution < 1.29 is 19.4 Å². The number of aliphatic hydroxyl groups is 1. The van der Waals surface area contributed by atoms with E-state index in [9.17, 15) is 14.7 Å². The van der Waals surface area contributed by atoms with Gasteiger partial charge in [0.25, 0.3) is 5.69 Å². The van der Waals surface area contributed by atoms with Crippen LogP contribution in [0, 0.1) is 5.82 Å². The van der Waals surface area contributed by atoms with Crippen LogP contribution in [-0.2, 0) is 18.4 Å². The number of pyridine rings is 1. The van der Waals surface area contributed by atoms with Gasteiger partial charge in [-0.05, 0) is 71.3 Å². The van der Waals surface area contributed by atoms with E-state index in [0.717, 1.165) is 21.4 Å². The summed E-state index contributed by atoms with van der Waals surface area (Å²) in [4.78, 5) is 4.56. The number of nitrogens with zero attached hydrogens (tertiary/aromatic N) is 6. The van der Waals surface area contributed by atoms with Gasteiger partial charge in [0.15, 0.2) is 5.60 Å². The number of aliphatic imine (C=N–C) groups is 1. The molecule has 0 saturated carbocycles. The van der Waals surface area contributed by atoms with Crippen LogP contribution in [0.3, 0.4) is 0 Å². The first-order valence-corrected chi connectivity index (χ1v) is 10.7. The summed E-state index contributed by atoms with van der Waals surface area (Å²) in [7, 11) is 0. The summed E-state index contributed by atoms with van der Waals surface area (Å²) in [5, 5.41) is 34.5. The molecule has 0 fully saturated rings. The normalized spacial score (nSPS) is 18.8. The molecule has 2 aromatic carbocycles. The maximum Gasteiger partial charge on any atom is 0.274 e. The van der Waals surface area contributed by atoms with E-state index in [2.05, 4.69) is 20.5 Å².